The predicted molar refractivity (Wildman–Crippen MR) is 127 cm³/mol. The van der Waals surface area contributed by atoms with E-state index in [1.165, 1.54) is 34.8 Å². The molecule has 0 spiro atoms. The van der Waals surface area contributed by atoms with E-state index in [0.717, 1.165) is 11.1 Å². The maximum absolute atomic E-state index is 13.3. The number of hydrogen-bond acceptors (Lipinski definition) is 6. The van der Waals surface area contributed by atoms with Crippen molar-refractivity contribution >= 4 is 50.9 Å². The molecule has 1 aliphatic heterocycles. The molecule has 2 heterocycles. The summed E-state index contributed by atoms with van der Waals surface area (Å²) in [5.74, 6) is -1.23. The first-order valence-electron chi connectivity index (χ1n) is 10.2. The largest absolute Gasteiger partial charge is 0.452 e. The molecule has 0 saturated heterocycles. The van der Waals surface area contributed by atoms with Crippen LogP contribution in [0.2, 0.25) is 10.0 Å². The smallest absolute Gasteiger partial charge is 0.338 e. The second kappa shape index (κ2) is 10.1. The van der Waals surface area contributed by atoms with Gasteiger partial charge in [0, 0.05) is 19.3 Å². The molecule has 1 amide bonds. The number of aromatic nitrogens is 1. The Morgan fingerprint density at radius 2 is 1.82 bits per heavy atom. The quantitative estimate of drug-likeness (QED) is 0.494. The zero-order valence-corrected chi connectivity index (χ0v) is 20.0. The Balaban J connectivity index is 1.45. The van der Waals surface area contributed by atoms with Crippen molar-refractivity contribution in [3.05, 3.63) is 87.5 Å². The number of amides is 1. The monoisotopic (exact) mass is 519 g/mol. The van der Waals surface area contributed by atoms with Crippen LogP contribution in [0.4, 0.5) is 5.82 Å². The summed E-state index contributed by atoms with van der Waals surface area (Å²) < 4.78 is 33.0. The van der Waals surface area contributed by atoms with Gasteiger partial charge in [-0.2, -0.15) is 4.31 Å². The van der Waals surface area contributed by atoms with Gasteiger partial charge < -0.3 is 10.1 Å². The second-order valence-electron chi connectivity index (χ2n) is 7.49. The number of carbonyl (C=O) groups excluding carboxylic acids is 2. The number of hydrogen-bond donors (Lipinski definition) is 1. The number of esters is 1. The molecule has 0 atom stereocenters. The summed E-state index contributed by atoms with van der Waals surface area (Å²) in [5.41, 5.74) is 1.98. The van der Waals surface area contributed by atoms with Gasteiger partial charge in [-0.25, -0.2) is 18.2 Å². The molecule has 1 aliphatic rings. The molecule has 0 unspecified atom stereocenters. The lowest BCUT2D eigenvalue weighted by Crippen LogP contribution is -2.36. The Bertz CT molecular complexity index is 1350. The van der Waals surface area contributed by atoms with Crippen molar-refractivity contribution in [2.75, 3.05) is 18.5 Å². The highest BCUT2D eigenvalue weighted by molar-refractivity contribution is 7.89. The van der Waals surface area contributed by atoms with E-state index in [0.29, 0.717) is 18.0 Å². The number of ether oxygens (including phenoxy) is 1. The number of halogens is 2. The first kappa shape index (κ1) is 24.2. The number of pyridine rings is 1. The van der Waals surface area contributed by atoms with E-state index < -0.39 is 28.5 Å². The molecule has 3 aromatic rings. The third-order valence-electron chi connectivity index (χ3n) is 5.21. The lowest BCUT2D eigenvalue weighted by molar-refractivity contribution is -0.119. The van der Waals surface area contributed by atoms with Gasteiger partial charge in [0.2, 0.25) is 10.0 Å². The van der Waals surface area contributed by atoms with Crippen LogP contribution in [0.5, 0.6) is 0 Å². The molecule has 8 nitrogen and oxygen atoms in total. The minimum absolute atomic E-state index is 0.0121. The number of rotatable bonds is 6. The third kappa shape index (κ3) is 5.39. The van der Waals surface area contributed by atoms with E-state index in [-0.39, 0.29) is 27.8 Å². The molecule has 0 aliphatic carbocycles. The summed E-state index contributed by atoms with van der Waals surface area (Å²) >= 11 is 11.9. The Kier molecular flexibility index (Phi) is 7.18. The Hall–Kier alpha value is -2.98. The highest BCUT2D eigenvalue weighted by Gasteiger charge is 2.30. The maximum atomic E-state index is 13.3. The molecule has 34 heavy (non-hydrogen) atoms. The van der Waals surface area contributed by atoms with Crippen LogP contribution < -0.4 is 5.32 Å². The number of carbonyl (C=O) groups is 2. The standard InChI is InChI=1S/C23H19Cl2N3O5S/c24-18-6-8-21(26-12-18)27-22(29)14-33-23(30)16-5-7-19(25)20(11-16)34(31,32)28-10-9-15-3-1-2-4-17(15)13-28/h1-8,11-12H,9-10,13-14H2,(H,26,27,29). The molecule has 176 valence electrons. The van der Waals surface area contributed by atoms with Crippen LogP contribution in [0.1, 0.15) is 21.5 Å². The van der Waals surface area contributed by atoms with Crippen molar-refractivity contribution in [3.8, 4) is 0 Å². The maximum Gasteiger partial charge on any atom is 0.338 e. The number of fused-ring (bicyclic) bond motifs is 1. The minimum Gasteiger partial charge on any atom is -0.452 e. The van der Waals surface area contributed by atoms with Crippen LogP contribution >= 0.6 is 23.2 Å². The van der Waals surface area contributed by atoms with Gasteiger partial charge in [0.25, 0.3) is 5.91 Å². The summed E-state index contributed by atoms with van der Waals surface area (Å²) in [6.45, 7) is -0.0809. The fourth-order valence-electron chi connectivity index (χ4n) is 3.49. The van der Waals surface area contributed by atoms with Gasteiger partial charge in [0.1, 0.15) is 10.7 Å². The highest BCUT2D eigenvalue weighted by Crippen LogP contribution is 2.30. The Labute approximate surface area is 206 Å². The molecule has 11 heteroatoms. The Morgan fingerprint density at radius 3 is 2.56 bits per heavy atom. The molecule has 4 rings (SSSR count). The fraction of sp³-hybridized carbons (Fsp3) is 0.174. The van der Waals surface area contributed by atoms with Crippen molar-refractivity contribution in [1.82, 2.24) is 9.29 Å². The van der Waals surface area contributed by atoms with Crippen molar-refractivity contribution < 1.29 is 22.7 Å². The van der Waals surface area contributed by atoms with E-state index in [1.807, 2.05) is 24.3 Å². The summed E-state index contributed by atoms with van der Waals surface area (Å²) in [6, 6.07) is 14.5. The molecular weight excluding hydrogens is 501 g/mol. The van der Waals surface area contributed by atoms with Gasteiger partial charge in [0.15, 0.2) is 6.61 Å². The number of nitrogens with one attached hydrogen (secondary N) is 1. The first-order valence-corrected chi connectivity index (χ1v) is 12.4. The topological polar surface area (TPSA) is 106 Å². The zero-order chi connectivity index (χ0) is 24.3. The van der Waals surface area contributed by atoms with Gasteiger partial charge in [-0.15, -0.1) is 0 Å². The van der Waals surface area contributed by atoms with Gasteiger partial charge >= 0.3 is 5.97 Å². The van der Waals surface area contributed by atoms with E-state index >= 15 is 0 Å². The molecule has 0 fully saturated rings. The van der Waals surface area contributed by atoms with Crippen molar-refractivity contribution in [2.24, 2.45) is 0 Å². The van der Waals surface area contributed by atoms with Gasteiger partial charge in [0.05, 0.1) is 15.6 Å². The molecular formula is C23H19Cl2N3O5S. The summed E-state index contributed by atoms with van der Waals surface area (Å²) in [6.07, 6.45) is 1.94. The lowest BCUT2D eigenvalue weighted by Gasteiger charge is -2.28. The van der Waals surface area contributed by atoms with E-state index in [4.69, 9.17) is 27.9 Å². The minimum atomic E-state index is -3.97. The van der Waals surface area contributed by atoms with Gasteiger partial charge in [-0.1, -0.05) is 47.5 Å². The van der Waals surface area contributed by atoms with Crippen molar-refractivity contribution in [2.45, 2.75) is 17.9 Å². The van der Waals surface area contributed by atoms with Crippen LogP contribution in [-0.2, 0) is 32.5 Å². The van der Waals surface area contributed by atoms with Gasteiger partial charge in [-0.05, 0) is 47.9 Å². The number of nitrogens with zero attached hydrogens (tertiary/aromatic N) is 2. The third-order valence-corrected chi connectivity index (χ3v) is 7.76. The van der Waals surface area contributed by atoms with Crippen LogP contribution in [0.15, 0.2) is 65.7 Å². The molecule has 1 N–H and O–H groups in total. The SMILES string of the molecule is O=C(COC(=O)c1ccc(Cl)c(S(=O)(=O)N2CCc3ccccc3C2)c1)Nc1ccc(Cl)cn1. The molecule has 2 aromatic carbocycles. The van der Waals surface area contributed by atoms with E-state index in [2.05, 4.69) is 10.3 Å². The van der Waals surface area contributed by atoms with Crippen LogP contribution in [-0.4, -0.2) is 42.7 Å². The average molecular weight is 520 g/mol. The molecule has 0 radical (unpaired) electrons. The molecule has 1 aromatic heterocycles. The van der Waals surface area contributed by atoms with Gasteiger partial charge in [-0.3, -0.25) is 4.79 Å². The van der Waals surface area contributed by atoms with Crippen LogP contribution in [0, 0.1) is 0 Å². The highest BCUT2D eigenvalue weighted by atomic mass is 35.5. The number of anilines is 1. The fourth-order valence-corrected chi connectivity index (χ4v) is 5.52. The number of benzene rings is 2. The molecule has 0 bridgehead atoms. The normalized spacial score (nSPS) is 13.7. The Morgan fingerprint density at radius 1 is 1.06 bits per heavy atom. The predicted octanol–water partition coefficient (Wildman–Crippen LogP) is 3.93. The summed E-state index contributed by atoms with van der Waals surface area (Å²) in [5, 5.41) is 2.86. The molecule has 0 saturated carbocycles. The van der Waals surface area contributed by atoms with Crippen molar-refractivity contribution in [1.29, 1.82) is 0 Å². The second-order valence-corrected chi connectivity index (χ2v) is 10.2. The summed E-state index contributed by atoms with van der Waals surface area (Å²) in [4.78, 5) is 28.2. The zero-order valence-electron chi connectivity index (χ0n) is 17.7. The average Bonchev–Trinajstić information content (AvgIpc) is 2.83. The van der Waals surface area contributed by atoms with E-state index in [9.17, 15) is 18.0 Å². The number of sulfonamides is 1. The van der Waals surface area contributed by atoms with Crippen molar-refractivity contribution in [3.63, 3.8) is 0 Å². The van der Waals surface area contributed by atoms with E-state index in [1.54, 1.807) is 6.07 Å². The van der Waals surface area contributed by atoms with Crippen LogP contribution in [0.25, 0.3) is 0 Å². The lowest BCUT2D eigenvalue weighted by atomic mass is 10.0. The van der Waals surface area contributed by atoms with Crippen LogP contribution in [0.3, 0.4) is 0 Å². The first-order chi connectivity index (χ1) is 16.2. The summed E-state index contributed by atoms with van der Waals surface area (Å²) in [7, 11) is -3.97.